The summed E-state index contributed by atoms with van der Waals surface area (Å²) in [7, 11) is 0. The van der Waals surface area contributed by atoms with Crippen molar-refractivity contribution in [3.63, 3.8) is 0 Å². The van der Waals surface area contributed by atoms with E-state index in [0.29, 0.717) is 11.5 Å². The van der Waals surface area contributed by atoms with Gasteiger partial charge in [-0.15, -0.1) is 0 Å². The highest BCUT2D eigenvalue weighted by Crippen LogP contribution is 2.37. The smallest absolute Gasteiger partial charge is 0.287 e. The maximum Gasteiger partial charge on any atom is 0.287 e. The van der Waals surface area contributed by atoms with Crippen molar-refractivity contribution in [1.29, 1.82) is 0 Å². The van der Waals surface area contributed by atoms with E-state index >= 15 is 0 Å². The molecule has 1 aliphatic heterocycles. The molecule has 0 bridgehead atoms. The van der Waals surface area contributed by atoms with Crippen molar-refractivity contribution in [3.8, 4) is 11.5 Å². The molecule has 0 N–H and O–H groups in total. The van der Waals surface area contributed by atoms with Gasteiger partial charge in [-0.25, -0.2) is 4.68 Å². The van der Waals surface area contributed by atoms with Gasteiger partial charge in [0.25, 0.3) is 5.56 Å². The van der Waals surface area contributed by atoms with E-state index in [-0.39, 0.29) is 23.4 Å². The molecule has 0 amide bonds. The van der Waals surface area contributed by atoms with Crippen LogP contribution in [-0.2, 0) is 6.54 Å². The molecule has 1 aliphatic rings. The maximum absolute atomic E-state index is 12.0. The number of halogens is 3. The summed E-state index contributed by atoms with van der Waals surface area (Å²) in [6.07, 6.45) is 1.34. The van der Waals surface area contributed by atoms with Crippen molar-refractivity contribution in [2.45, 2.75) is 6.54 Å². The van der Waals surface area contributed by atoms with Crippen molar-refractivity contribution < 1.29 is 9.47 Å². The number of rotatable bonds is 2. The second-order valence-electron chi connectivity index (χ2n) is 4.07. The lowest BCUT2D eigenvalue weighted by Gasteiger charge is -2.08. The number of hydrogen-bond acceptors (Lipinski definition) is 4. The zero-order valence-corrected chi connectivity index (χ0v) is 13.0. The molecule has 0 aliphatic carbocycles. The molecule has 0 spiro atoms. The first-order valence-electron chi connectivity index (χ1n) is 5.55. The van der Waals surface area contributed by atoms with E-state index in [1.165, 1.54) is 10.9 Å². The van der Waals surface area contributed by atoms with Crippen LogP contribution in [0.5, 0.6) is 11.5 Å². The Balaban J connectivity index is 2.00. The Morgan fingerprint density at radius 3 is 2.75 bits per heavy atom. The highest BCUT2D eigenvalue weighted by molar-refractivity contribution is 9.10. The third kappa shape index (κ3) is 2.39. The molecule has 3 rings (SSSR count). The minimum atomic E-state index is -0.441. The predicted octanol–water partition coefficient (Wildman–Crippen LogP) is 3.09. The van der Waals surface area contributed by atoms with Gasteiger partial charge >= 0.3 is 0 Å². The van der Waals surface area contributed by atoms with Crippen LogP contribution in [0.25, 0.3) is 0 Å². The number of hydrogen-bond donors (Lipinski definition) is 0. The van der Waals surface area contributed by atoms with Gasteiger partial charge in [0.15, 0.2) is 11.5 Å². The molecule has 0 radical (unpaired) electrons. The first-order chi connectivity index (χ1) is 9.56. The molecule has 0 unspecified atom stereocenters. The van der Waals surface area contributed by atoms with Crippen LogP contribution < -0.4 is 15.0 Å². The molecular formula is C12H7BrCl2N2O3. The van der Waals surface area contributed by atoms with Gasteiger partial charge < -0.3 is 9.47 Å². The van der Waals surface area contributed by atoms with Gasteiger partial charge in [0.2, 0.25) is 6.79 Å². The second kappa shape index (κ2) is 5.27. The van der Waals surface area contributed by atoms with Gasteiger partial charge in [-0.3, -0.25) is 4.79 Å². The third-order valence-corrected chi connectivity index (χ3v) is 4.29. The highest BCUT2D eigenvalue weighted by atomic mass is 79.9. The lowest BCUT2D eigenvalue weighted by Crippen LogP contribution is -2.23. The van der Waals surface area contributed by atoms with Crippen LogP contribution in [0.2, 0.25) is 10.0 Å². The van der Waals surface area contributed by atoms with Gasteiger partial charge in [0.05, 0.1) is 17.8 Å². The van der Waals surface area contributed by atoms with Crippen molar-refractivity contribution >= 4 is 39.1 Å². The van der Waals surface area contributed by atoms with E-state index in [0.717, 1.165) is 10.0 Å². The Hall–Kier alpha value is -1.24. The molecule has 8 heteroatoms. The first kappa shape index (κ1) is 13.7. The van der Waals surface area contributed by atoms with Crippen molar-refractivity contribution in [2.75, 3.05) is 6.79 Å². The van der Waals surface area contributed by atoms with E-state index in [1.807, 2.05) is 0 Å². The lowest BCUT2D eigenvalue weighted by molar-refractivity contribution is 0.174. The third-order valence-electron chi connectivity index (χ3n) is 2.80. The zero-order chi connectivity index (χ0) is 14.3. The summed E-state index contributed by atoms with van der Waals surface area (Å²) in [5.74, 6) is 1.30. The van der Waals surface area contributed by atoms with Crippen LogP contribution >= 0.6 is 39.1 Å². The molecule has 104 valence electrons. The predicted molar refractivity (Wildman–Crippen MR) is 77.9 cm³/mol. The average Bonchev–Trinajstić information content (AvgIpc) is 2.86. The monoisotopic (exact) mass is 376 g/mol. The summed E-state index contributed by atoms with van der Waals surface area (Å²) in [5, 5.41) is 4.06. The SMILES string of the molecule is O=c1c(Cl)c(Cl)cnn1Cc1cc2c(cc1Br)OCO2. The maximum atomic E-state index is 12.0. The molecule has 2 heterocycles. The fourth-order valence-electron chi connectivity index (χ4n) is 1.80. The highest BCUT2D eigenvalue weighted by Gasteiger charge is 2.17. The number of aromatic nitrogens is 2. The summed E-state index contributed by atoms with van der Waals surface area (Å²) in [4.78, 5) is 12.0. The number of ether oxygens (including phenoxy) is 2. The molecule has 20 heavy (non-hydrogen) atoms. The van der Waals surface area contributed by atoms with Gasteiger partial charge in [-0.05, 0) is 17.7 Å². The van der Waals surface area contributed by atoms with E-state index in [2.05, 4.69) is 21.0 Å². The fraction of sp³-hybridized carbons (Fsp3) is 0.167. The summed E-state index contributed by atoms with van der Waals surface area (Å²) >= 11 is 15.0. The van der Waals surface area contributed by atoms with Crippen LogP contribution in [0.15, 0.2) is 27.6 Å². The molecule has 0 fully saturated rings. The van der Waals surface area contributed by atoms with E-state index < -0.39 is 5.56 Å². The Bertz CT molecular complexity index is 748. The van der Waals surface area contributed by atoms with Crippen LogP contribution in [0, 0.1) is 0 Å². The Morgan fingerprint density at radius 2 is 2.00 bits per heavy atom. The molecule has 0 saturated carbocycles. The average molecular weight is 378 g/mol. The quantitative estimate of drug-likeness (QED) is 0.806. The van der Waals surface area contributed by atoms with Crippen LogP contribution in [0.1, 0.15) is 5.56 Å². The summed E-state index contributed by atoms with van der Waals surface area (Å²) in [6, 6.07) is 3.59. The Kier molecular flexibility index (Phi) is 3.62. The molecule has 1 aromatic heterocycles. The molecule has 5 nitrogen and oxygen atoms in total. The number of benzene rings is 1. The zero-order valence-electron chi connectivity index (χ0n) is 9.90. The van der Waals surface area contributed by atoms with Gasteiger partial charge in [-0.1, -0.05) is 39.1 Å². The van der Waals surface area contributed by atoms with Crippen LogP contribution in [0.3, 0.4) is 0 Å². The molecule has 0 saturated heterocycles. The molecule has 1 aromatic carbocycles. The van der Waals surface area contributed by atoms with Crippen molar-refractivity contribution in [1.82, 2.24) is 9.78 Å². The Labute approximate surface area is 132 Å². The minimum absolute atomic E-state index is 0.0430. The minimum Gasteiger partial charge on any atom is -0.454 e. The van der Waals surface area contributed by atoms with Crippen LogP contribution in [-0.4, -0.2) is 16.6 Å². The molecular weight excluding hydrogens is 371 g/mol. The normalized spacial score (nSPS) is 12.8. The van der Waals surface area contributed by atoms with Gasteiger partial charge in [0.1, 0.15) is 5.02 Å². The molecule has 0 atom stereocenters. The number of fused-ring (bicyclic) bond motifs is 1. The lowest BCUT2D eigenvalue weighted by atomic mass is 10.2. The standard InChI is InChI=1S/C12H7BrCl2N2O3/c13-7-2-10-9(19-5-20-10)1-6(7)4-17-12(18)11(15)8(14)3-16-17/h1-3H,4-5H2. The fourth-order valence-corrected chi connectivity index (χ4v) is 2.52. The van der Waals surface area contributed by atoms with E-state index in [4.69, 9.17) is 32.7 Å². The summed E-state index contributed by atoms with van der Waals surface area (Å²) in [5.41, 5.74) is 0.381. The summed E-state index contributed by atoms with van der Waals surface area (Å²) in [6.45, 7) is 0.434. The Morgan fingerprint density at radius 1 is 1.30 bits per heavy atom. The number of nitrogens with zero attached hydrogens (tertiary/aromatic N) is 2. The van der Waals surface area contributed by atoms with Crippen LogP contribution in [0.4, 0.5) is 0 Å². The molecule has 2 aromatic rings. The van der Waals surface area contributed by atoms with Gasteiger partial charge in [-0.2, -0.15) is 5.10 Å². The second-order valence-corrected chi connectivity index (χ2v) is 5.71. The van der Waals surface area contributed by atoms with Crippen molar-refractivity contribution in [2.24, 2.45) is 0 Å². The topological polar surface area (TPSA) is 53.4 Å². The van der Waals surface area contributed by atoms with E-state index in [1.54, 1.807) is 12.1 Å². The van der Waals surface area contributed by atoms with Crippen molar-refractivity contribution in [3.05, 3.63) is 48.8 Å². The first-order valence-corrected chi connectivity index (χ1v) is 7.10. The largest absolute Gasteiger partial charge is 0.454 e. The van der Waals surface area contributed by atoms with Gasteiger partial charge in [0, 0.05) is 4.47 Å². The summed E-state index contributed by atoms with van der Waals surface area (Å²) < 4.78 is 12.6. The van der Waals surface area contributed by atoms with E-state index in [9.17, 15) is 4.79 Å².